The molecule has 2 amide bonds. The van der Waals surface area contributed by atoms with E-state index in [1.165, 1.54) is 0 Å². The molecule has 3 aliphatic rings. The van der Waals surface area contributed by atoms with Gasteiger partial charge in [0.25, 0.3) is 0 Å². The van der Waals surface area contributed by atoms with Gasteiger partial charge in [0.05, 0.1) is 29.5 Å². The van der Waals surface area contributed by atoms with Crippen molar-refractivity contribution in [2.75, 3.05) is 29.5 Å². The number of aliphatic imine (C=N–C) groups is 1. The first-order valence-electron chi connectivity index (χ1n) is 10.1. The van der Waals surface area contributed by atoms with Crippen LogP contribution in [-0.4, -0.2) is 37.2 Å². The minimum atomic E-state index is -0.214. The van der Waals surface area contributed by atoms with Crippen molar-refractivity contribution in [2.45, 2.75) is 26.2 Å². The summed E-state index contributed by atoms with van der Waals surface area (Å²) in [6.45, 7) is 2.92. The molecule has 148 valence electrons. The van der Waals surface area contributed by atoms with Gasteiger partial charge in [-0.1, -0.05) is 18.2 Å². The molecule has 6 nitrogen and oxygen atoms in total. The maximum Gasteiger partial charge on any atom is 0.247 e. The summed E-state index contributed by atoms with van der Waals surface area (Å²) >= 11 is 0. The molecular formula is C23H23N3O3. The molecule has 0 spiro atoms. The molecule has 0 radical (unpaired) electrons. The number of hydrogen-bond acceptors (Lipinski definition) is 4. The van der Waals surface area contributed by atoms with Crippen LogP contribution in [-0.2, 0) is 9.59 Å². The van der Waals surface area contributed by atoms with Gasteiger partial charge >= 0.3 is 0 Å². The van der Waals surface area contributed by atoms with Gasteiger partial charge in [-0.25, -0.2) is 0 Å². The molecule has 0 N–H and O–H groups in total. The Morgan fingerprint density at radius 3 is 2.97 bits per heavy atom. The molecular weight excluding hydrogens is 366 g/mol. The number of carbonyl (C=O) groups is 2. The molecule has 2 aliphatic heterocycles. The fourth-order valence-electron chi connectivity index (χ4n) is 4.45. The first-order chi connectivity index (χ1) is 14.1. The lowest BCUT2D eigenvalue weighted by Gasteiger charge is -2.32. The van der Waals surface area contributed by atoms with Crippen LogP contribution in [0.25, 0.3) is 0 Å². The topological polar surface area (TPSA) is 62.2 Å². The van der Waals surface area contributed by atoms with Gasteiger partial charge in [-0.05, 0) is 56.0 Å². The highest BCUT2D eigenvalue weighted by Gasteiger charge is 2.38. The Balaban J connectivity index is 1.48. The molecule has 0 bridgehead atoms. The number of nitrogens with zero attached hydrogens (tertiary/aromatic N) is 3. The van der Waals surface area contributed by atoms with Gasteiger partial charge < -0.3 is 14.5 Å². The van der Waals surface area contributed by atoms with Crippen LogP contribution in [0.3, 0.4) is 0 Å². The van der Waals surface area contributed by atoms with E-state index in [9.17, 15) is 9.59 Å². The fraction of sp³-hybridized carbons (Fsp3) is 0.348. The predicted octanol–water partition coefficient (Wildman–Crippen LogP) is 3.64. The minimum absolute atomic E-state index is 0.00251. The maximum absolute atomic E-state index is 13.4. The fourth-order valence-corrected chi connectivity index (χ4v) is 4.45. The summed E-state index contributed by atoms with van der Waals surface area (Å²) < 4.78 is 5.71. The zero-order chi connectivity index (χ0) is 20.0. The number of carbonyl (C=O) groups excluding carboxylic acids is 2. The van der Waals surface area contributed by atoms with Crippen molar-refractivity contribution in [1.29, 1.82) is 0 Å². The van der Waals surface area contributed by atoms with Crippen LogP contribution < -0.4 is 14.5 Å². The summed E-state index contributed by atoms with van der Waals surface area (Å²) in [6, 6.07) is 13.4. The third-order valence-electron chi connectivity index (χ3n) is 5.90. The Morgan fingerprint density at radius 1 is 1.21 bits per heavy atom. The van der Waals surface area contributed by atoms with E-state index >= 15 is 0 Å². The number of para-hydroxylation sites is 2. The van der Waals surface area contributed by atoms with Crippen molar-refractivity contribution in [3.05, 3.63) is 48.0 Å². The average Bonchev–Trinajstić information content (AvgIpc) is 3.16. The number of rotatable bonds is 2. The van der Waals surface area contributed by atoms with Gasteiger partial charge in [0.2, 0.25) is 11.8 Å². The Labute approximate surface area is 169 Å². The molecule has 6 heteroatoms. The Bertz CT molecular complexity index is 1030. The summed E-state index contributed by atoms with van der Waals surface area (Å²) in [6.07, 6.45) is 2.62. The molecule has 0 saturated heterocycles. The largest absolute Gasteiger partial charge is 0.490 e. The lowest BCUT2D eigenvalue weighted by Crippen LogP contribution is -2.47. The van der Waals surface area contributed by atoms with Crippen LogP contribution in [0.5, 0.6) is 5.75 Å². The van der Waals surface area contributed by atoms with Crippen molar-refractivity contribution in [2.24, 2.45) is 10.9 Å². The van der Waals surface area contributed by atoms with Gasteiger partial charge in [-0.3, -0.25) is 14.6 Å². The molecule has 0 unspecified atom stereocenters. The summed E-state index contributed by atoms with van der Waals surface area (Å²) in [5.41, 5.74) is 4.27. The Hall–Kier alpha value is -3.15. The average molecular weight is 389 g/mol. The summed E-state index contributed by atoms with van der Waals surface area (Å²) in [4.78, 5) is 34.8. The molecule has 5 rings (SSSR count). The first-order valence-corrected chi connectivity index (χ1v) is 10.1. The number of anilines is 2. The number of aryl methyl sites for hydroxylation is 1. The van der Waals surface area contributed by atoms with Crippen molar-refractivity contribution in [3.8, 4) is 5.75 Å². The summed E-state index contributed by atoms with van der Waals surface area (Å²) in [5.74, 6) is 0.371. The van der Waals surface area contributed by atoms with E-state index in [1.807, 2.05) is 49.4 Å². The molecule has 29 heavy (non-hydrogen) atoms. The normalized spacial score (nSPS) is 20.2. The number of hydrogen-bond donors (Lipinski definition) is 0. The van der Waals surface area contributed by atoms with Crippen molar-refractivity contribution in [1.82, 2.24) is 0 Å². The van der Waals surface area contributed by atoms with Crippen molar-refractivity contribution in [3.63, 3.8) is 0 Å². The number of fused-ring (bicyclic) bond motifs is 3. The predicted molar refractivity (Wildman–Crippen MR) is 112 cm³/mol. The third-order valence-corrected chi connectivity index (χ3v) is 5.90. The van der Waals surface area contributed by atoms with Gasteiger partial charge in [0.15, 0.2) is 0 Å². The van der Waals surface area contributed by atoms with Gasteiger partial charge in [-0.2, -0.15) is 0 Å². The highest BCUT2D eigenvalue weighted by Crippen LogP contribution is 2.38. The van der Waals surface area contributed by atoms with E-state index in [1.54, 1.807) is 9.80 Å². The lowest BCUT2D eigenvalue weighted by atomic mass is 10.0. The molecule has 0 aromatic heterocycles. The second kappa shape index (κ2) is 7.03. The monoisotopic (exact) mass is 389 g/mol. The van der Waals surface area contributed by atoms with Crippen LogP contribution in [0.1, 0.15) is 24.8 Å². The summed E-state index contributed by atoms with van der Waals surface area (Å²) in [7, 11) is 0. The van der Waals surface area contributed by atoms with Crippen LogP contribution in [0.15, 0.2) is 47.5 Å². The smallest absolute Gasteiger partial charge is 0.247 e. The van der Waals surface area contributed by atoms with E-state index in [-0.39, 0.29) is 24.3 Å². The van der Waals surface area contributed by atoms with Crippen LogP contribution >= 0.6 is 0 Å². The SMILES string of the molecule is Cc1ccc2c(c1)N(C(=O)CN1C(=O)[C@@H]3CCCC3=Nc3ccccc31)CCO2. The van der Waals surface area contributed by atoms with Crippen molar-refractivity contribution >= 4 is 34.6 Å². The first kappa shape index (κ1) is 17.9. The quantitative estimate of drug-likeness (QED) is 0.788. The standard InChI is InChI=1S/C23H23N3O3/c1-15-9-10-21-20(13-15)25(11-12-29-21)22(27)14-26-19-8-3-2-6-18(19)24-17-7-4-5-16(17)23(26)28/h2-3,6,8-10,13,16H,4-5,7,11-12,14H2,1H3/t16-/m1/s1. The van der Waals surface area contributed by atoms with E-state index in [0.29, 0.717) is 24.6 Å². The van der Waals surface area contributed by atoms with E-state index in [0.717, 1.165) is 41.9 Å². The van der Waals surface area contributed by atoms with Crippen LogP contribution in [0.4, 0.5) is 17.1 Å². The van der Waals surface area contributed by atoms with E-state index in [2.05, 4.69) is 0 Å². The van der Waals surface area contributed by atoms with Gasteiger partial charge in [0.1, 0.15) is 18.9 Å². The van der Waals surface area contributed by atoms with Crippen LogP contribution in [0, 0.1) is 12.8 Å². The lowest BCUT2D eigenvalue weighted by molar-refractivity contribution is -0.123. The highest BCUT2D eigenvalue weighted by atomic mass is 16.5. The molecule has 2 aromatic carbocycles. The Morgan fingerprint density at radius 2 is 2.07 bits per heavy atom. The molecule has 1 aliphatic carbocycles. The van der Waals surface area contributed by atoms with E-state index in [4.69, 9.17) is 9.73 Å². The van der Waals surface area contributed by atoms with Crippen LogP contribution in [0.2, 0.25) is 0 Å². The third kappa shape index (κ3) is 3.09. The second-order valence-corrected chi connectivity index (χ2v) is 7.83. The minimum Gasteiger partial charge on any atom is -0.490 e. The molecule has 1 saturated carbocycles. The highest BCUT2D eigenvalue weighted by molar-refractivity contribution is 6.17. The van der Waals surface area contributed by atoms with Crippen molar-refractivity contribution < 1.29 is 14.3 Å². The number of amides is 2. The number of ether oxygens (including phenoxy) is 1. The van der Waals surface area contributed by atoms with Gasteiger partial charge in [-0.15, -0.1) is 0 Å². The molecule has 1 atom stereocenters. The van der Waals surface area contributed by atoms with Gasteiger partial charge in [0, 0.05) is 5.71 Å². The zero-order valence-corrected chi connectivity index (χ0v) is 16.4. The second-order valence-electron chi connectivity index (χ2n) is 7.83. The molecule has 2 heterocycles. The zero-order valence-electron chi connectivity index (χ0n) is 16.4. The van der Waals surface area contributed by atoms with E-state index < -0.39 is 0 Å². The number of benzene rings is 2. The summed E-state index contributed by atoms with van der Waals surface area (Å²) in [5, 5.41) is 0. The maximum atomic E-state index is 13.4. The molecule has 2 aromatic rings. The Kier molecular flexibility index (Phi) is 4.34. The molecule has 1 fully saturated rings.